The highest BCUT2D eigenvalue weighted by atomic mass is 32.2. The molecule has 0 radical (unpaired) electrons. The quantitative estimate of drug-likeness (QED) is 0.674. The first-order chi connectivity index (χ1) is 13.7. The van der Waals surface area contributed by atoms with Gasteiger partial charge in [0, 0.05) is 19.6 Å². The highest BCUT2D eigenvalue weighted by molar-refractivity contribution is 7.92. The van der Waals surface area contributed by atoms with Crippen molar-refractivity contribution in [2.24, 2.45) is 0 Å². The van der Waals surface area contributed by atoms with Crippen molar-refractivity contribution in [3.05, 3.63) is 65.2 Å². The minimum atomic E-state index is -3.39. The maximum Gasteiger partial charge on any atom is 0.338 e. The molecule has 0 saturated heterocycles. The fourth-order valence-corrected chi connectivity index (χ4v) is 4.77. The van der Waals surface area contributed by atoms with Crippen molar-refractivity contribution in [3.8, 4) is 0 Å². The summed E-state index contributed by atoms with van der Waals surface area (Å²) < 4.78 is 30.5. The second-order valence-electron chi connectivity index (χ2n) is 7.27. The van der Waals surface area contributed by atoms with Gasteiger partial charge in [0.05, 0.1) is 17.5 Å². The van der Waals surface area contributed by atoms with E-state index in [1.165, 1.54) is 21.5 Å². The number of carbonyl (C=O) groups is 2. The number of sulfonamides is 1. The molecule has 7 nitrogen and oxygen atoms in total. The average Bonchev–Trinajstić information content (AvgIpc) is 3.01. The first-order valence-electron chi connectivity index (χ1n) is 9.24. The Morgan fingerprint density at radius 1 is 1.17 bits per heavy atom. The number of rotatable bonds is 6. The summed E-state index contributed by atoms with van der Waals surface area (Å²) in [5, 5.41) is 0. The van der Waals surface area contributed by atoms with Gasteiger partial charge < -0.3 is 9.64 Å². The van der Waals surface area contributed by atoms with E-state index in [9.17, 15) is 18.0 Å². The normalized spacial score (nSPS) is 15.7. The topological polar surface area (TPSA) is 84.0 Å². The third-order valence-corrected chi connectivity index (χ3v) is 6.11. The summed E-state index contributed by atoms with van der Waals surface area (Å²) in [6.45, 7) is 1.89. The maximum atomic E-state index is 12.4. The van der Waals surface area contributed by atoms with E-state index in [4.69, 9.17) is 4.74 Å². The lowest BCUT2D eigenvalue weighted by Crippen LogP contribution is -2.34. The molecule has 0 spiro atoms. The van der Waals surface area contributed by atoms with E-state index in [0.717, 1.165) is 11.1 Å². The van der Waals surface area contributed by atoms with Gasteiger partial charge in [0.1, 0.15) is 0 Å². The summed E-state index contributed by atoms with van der Waals surface area (Å²) in [5.41, 5.74) is 2.63. The average molecular weight is 416 g/mol. The van der Waals surface area contributed by atoms with E-state index in [0.29, 0.717) is 24.2 Å². The van der Waals surface area contributed by atoms with Crippen LogP contribution in [0.4, 0.5) is 5.69 Å². The van der Waals surface area contributed by atoms with E-state index in [1.807, 2.05) is 37.3 Å². The first-order valence-corrected chi connectivity index (χ1v) is 11.1. The molecule has 2 aromatic carbocycles. The van der Waals surface area contributed by atoms with Crippen LogP contribution in [0.25, 0.3) is 0 Å². The zero-order valence-corrected chi connectivity index (χ0v) is 17.5. The molecule has 1 amide bonds. The van der Waals surface area contributed by atoms with Crippen LogP contribution < -0.4 is 4.31 Å². The Balaban J connectivity index is 1.62. The van der Waals surface area contributed by atoms with Gasteiger partial charge in [-0.15, -0.1) is 0 Å². The third kappa shape index (κ3) is 4.76. The molecule has 0 aliphatic carbocycles. The van der Waals surface area contributed by atoms with Crippen LogP contribution in [0.3, 0.4) is 0 Å². The SMILES string of the molecule is C[C@H]1Cc2cc(C(=O)OCC(=O)N(C)Cc3ccccc3)ccc2N1S(C)(=O)=O. The first kappa shape index (κ1) is 20.9. The molecule has 8 heteroatoms. The van der Waals surface area contributed by atoms with Gasteiger partial charge in [0.2, 0.25) is 10.0 Å². The molecule has 2 aromatic rings. The molecule has 0 fully saturated rings. The maximum absolute atomic E-state index is 12.4. The molecule has 0 unspecified atom stereocenters. The van der Waals surface area contributed by atoms with Crippen molar-refractivity contribution >= 4 is 27.6 Å². The van der Waals surface area contributed by atoms with Crippen molar-refractivity contribution in [1.29, 1.82) is 0 Å². The number of benzene rings is 2. The van der Waals surface area contributed by atoms with Crippen molar-refractivity contribution in [2.45, 2.75) is 25.9 Å². The van der Waals surface area contributed by atoms with Gasteiger partial charge in [-0.3, -0.25) is 9.10 Å². The molecule has 1 aliphatic rings. The van der Waals surface area contributed by atoms with Crippen molar-refractivity contribution in [1.82, 2.24) is 4.90 Å². The number of nitrogens with zero attached hydrogens (tertiary/aromatic N) is 2. The van der Waals surface area contributed by atoms with E-state index < -0.39 is 16.0 Å². The molecule has 3 rings (SSSR count). The standard InChI is InChI=1S/C21H24N2O5S/c1-15-11-18-12-17(9-10-19(18)23(15)29(3,26)27)21(25)28-14-20(24)22(2)13-16-7-5-4-6-8-16/h4-10,12,15H,11,13-14H2,1-3H3/t15-/m0/s1. The van der Waals surface area contributed by atoms with Gasteiger partial charge in [-0.2, -0.15) is 0 Å². The van der Waals surface area contributed by atoms with E-state index in [2.05, 4.69) is 0 Å². The van der Waals surface area contributed by atoms with Gasteiger partial charge in [-0.1, -0.05) is 30.3 Å². The summed E-state index contributed by atoms with van der Waals surface area (Å²) in [7, 11) is -1.74. The fraction of sp³-hybridized carbons (Fsp3) is 0.333. The Labute approximate surface area is 170 Å². The Morgan fingerprint density at radius 3 is 2.52 bits per heavy atom. The number of hydrogen-bond donors (Lipinski definition) is 0. The van der Waals surface area contributed by atoms with Crippen molar-refractivity contribution in [2.75, 3.05) is 24.2 Å². The molecule has 1 atom stereocenters. The van der Waals surface area contributed by atoms with Crippen LogP contribution in [0, 0.1) is 0 Å². The molecule has 1 heterocycles. The number of amides is 1. The molecular formula is C21H24N2O5S. The minimum Gasteiger partial charge on any atom is -0.452 e. The van der Waals surface area contributed by atoms with Gasteiger partial charge in [0.15, 0.2) is 6.61 Å². The summed E-state index contributed by atoms with van der Waals surface area (Å²) in [4.78, 5) is 26.1. The number of likely N-dealkylation sites (N-methyl/N-ethyl adjacent to an activating group) is 1. The lowest BCUT2D eigenvalue weighted by molar-refractivity contribution is -0.133. The number of ether oxygens (including phenoxy) is 1. The molecule has 0 saturated carbocycles. The molecule has 154 valence electrons. The predicted molar refractivity (Wildman–Crippen MR) is 110 cm³/mol. The van der Waals surface area contributed by atoms with E-state index in [1.54, 1.807) is 19.2 Å². The number of anilines is 1. The van der Waals surface area contributed by atoms with Crippen LogP contribution in [-0.2, 0) is 32.5 Å². The van der Waals surface area contributed by atoms with Crippen LogP contribution in [0.15, 0.2) is 48.5 Å². The molecule has 0 aromatic heterocycles. The predicted octanol–water partition coefficient (Wildman–Crippen LogP) is 2.21. The van der Waals surface area contributed by atoms with Gasteiger partial charge in [-0.05, 0) is 42.7 Å². The summed E-state index contributed by atoms with van der Waals surface area (Å²) >= 11 is 0. The van der Waals surface area contributed by atoms with Crippen LogP contribution in [0.1, 0.15) is 28.4 Å². The van der Waals surface area contributed by atoms with Crippen LogP contribution in [0.5, 0.6) is 0 Å². The lowest BCUT2D eigenvalue weighted by atomic mass is 10.1. The van der Waals surface area contributed by atoms with Gasteiger partial charge in [-0.25, -0.2) is 13.2 Å². The lowest BCUT2D eigenvalue weighted by Gasteiger charge is -2.21. The van der Waals surface area contributed by atoms with E-state index >= 15 is 0 Å². The zero-order valence-electron chi connectivity index (χ0n) is 16.7. The summed E-state index contributed by atoms with van der Waals surface area (Å²) in [5.74, 6) is -0.917. The smallest absolute Gasteiger partial charge is 0.338 e. The molecule has 0 bridgehead atoms. The second-order valence-corrected chi connectivity index (χ2v) is 9.13. The molecule has 1 aliphatic heterocycles. The van der Waals surface area contributed by atoms with Crippen molar-refractivity contribution < 1.29 is 22.7 Å². The molecular weight excluding hydrogens is 392 g/mol. The molecule has 0 N–H and O–H groups in total. The van der Waals surface area contributed by atoms with Crippen LogP contribution in [0.2, 0.25) is 0 Å². The van der Waals surface area contributed by atoms with E-state index in [-0.39, 0.29) is 18.6 Å². The monoisotopic (exact) mass is 416 g/mol. The van der Waals surface area contributed by atoms with Gasteiger partial charge >= 0.3 is 5.97 Å². The highest BCUT2D eigenvalue weighted by Crippen LogP contribution is 2.34. The highest BCUT2D eigenvalue weighted by Gasteiger charge is 2.33. The summed E-state index contributed by atoms with van der Waals surface area (Å²) in [6, 6.07) is 14.1. The third-order valence-electron chi connectivity index (χ3n) is 4.84. The Kier molecular flexibility index (Phi) is 5.93. The zero-order chi connectivity index (χ0) is 21.2. The summed E-state index contributed by atoms with van der Waals surface area (Å²) in [6.07, 6.45) is 1.68. The van der Waals surface area contributed by atoms with Crippen molar-refractivity contribution in [3.63, 3.8) is 0 Å². The number of esters is 1. The van der Waals surface area contributed by atoms with Gasteiger partial charge in [0.25, 0.3) is 5.91 Å². The Bertz CT molecular complexity index is 1020. The Hall–Kier alpha value is -2.87. The number of fused-ring (bicyclic) bond motifs is 1. The number of carbonyl (C=O) groups excluding carboxylic acids is 2. The largest absolute Gasteiger partial charge is 0.452 e. The molecule has 29 heavy (non-hydrogen) atoms. The fourth-order valence-electron chi connectivity index (χ4n) is 3.50. The van der Waals surface area contributed by atoms with Crippen LogP contribution in [-0.4, -0.2) is 51.1 Å². The van der Waals surface area contributed by atoms with Crippen LogP contribution >= 0.6 is 0 Å². The second kappa shape index (κ2) is 8.24. The number of hydrogen-bond acceptors (Lipinski definition) is 5. The minimum absolute atomic E-state index is 0.209. The Morgan fingerprint density at radius 2 is 1.86 bits per heavy atom.